The molecule has 0 fully saturated rings. The summed E-state index contributed by atoms with van der Waals surface area (Å²) in [7, 11) is 0. The van der Waals surface area contributed by atoms with E-state index in [4.69, 9.17) is 20.6 Å². The summed E-state index contributed by atoms with van der Waals surface area (Å²) in [4.78, 5) is 33.8. The number of carbonyl (C=O) groups is 3. The Morgan fingerprint density at radius 1 is 1.08 bits per heavy atom. The highest BCUT2D eigenvalue weighted by Crippen LogP contribution is 2.29. The van der Waals surface area contributed by atoms with Crippen LogP contribution >= 0.6 is 0 Å². The zero-order valence-corrected chi connectivity index (χ0v) is 14.2. The molecule has 0 atom stereocenters. The first-order valence-corrected chi connectivity index (χ1v) is 7.71. The van der Waals surface area contributed by atoms with Gasteiger partial charge in [-0.1, -0.05) is 6.07 Å². The number of carbonyl (C=O) groups excluding carboxylic acids is 3. The van der Waals surface area contributed by atoms with Crippen molar-refractivity contribution in [3.63, 3.8) is 0 Å². The van der Waals surface area contributed by atoms with Gasteiger partial charge in [-0.05, 0) is 36.6 Å². The molecule has 6 heteroatoms. The zero-order valence-electron chi connectivity index (χ0n) is 14.2. The lowest BCUT2D eigenvalue weighted by Crippen LogP contribution is -2.07. The molecule has 132 valence electrons. The number of terminal acetylenes is 1. The Bertz CT molecular complexity index is 696. The third-order valence-electron chi connectivity index (χ3n) is 2.85. The lowest BCUT2D eigenvalue weighted by Gasteiger charge is -2.09. The summed E-state index contributed by atoms with van der Waals surface area (Å²) in [6, 6.07) is 4.57. The third kappa shape index (κ3) is 8.37. The Kier molecular flexibility index (Phi) is 8.52. The first kappa shape index (κ1) is 20.0. The van der Waals surface area contributed by atoms with Gasteiger partial charge >= 0.3 is 17.9 Å². The molecule has 0 radical (unpaired) electrons. The largest absolute Gasteiger partial charge is 0.463 e. The van der Waals surface area contributed by atoms with E-state index in [2.05, 4.69) is 5.92 Å². The predicted molar refractivity (Wildman–Crippen MR) is 91.7 cm³/mol. The van der Waals surface area contributed by atoms with E-state index in [-0.39, 0.29) is 11.5 Å². The molecule has 0 amide bonds. The number of rotatable bonds is 8. The second-order valence-electron chi connectivity index (χ2n) is 5.06. The zero-order chi connectivity index (χ0) is 18.7. The van der Waals surface area contributed by atoms with Crippen LogP contribution in [0.3, 0.4) is 0 Å². The summed E-state index contributed by atoms with van der Waals surface area (Å²) >= 11 is 0. The van der Waals surface area contributed by atoms with Crippen LogP contribution in [0.25, 0.3) is 6.08 Å². The van der Waals surface area contributed by atoms with Crippen LogP contribution in [0.1, 0.15) is 38.7 Å². The Morgan fingerprint density at radius 3 is 2.40 bits per heavy atom. The van der Waals surface area contributed by atoms with E-state index < -0.39 is 17.9 Å². The van der Waals surface area contributed by atoms with Crippen molar-refractivity contribution in [3.8, 4) is 23.8 Å². The smallest absolute Gasteiger partial charge is 0.330 e. The third-order valence-corrected chi connectivity index (χ3v) is 2.85. The first-order valence-electron chi connectivity index (χ1n) is 7.71. The molecule has 1 aromatic carbocycles. The molecule has 0 unspecified atom stereocenters. The standard InChI is InChI=1S/C19H20O6/c1-4-5-6-7-12-23-19(22)11-9-16-8-10-17(24-14(2)20)18(13-16)25-15(3)21/h1,8-11,13H,5-7,12H2,2-3H3/b11-9+. The summed E-state index contributed by atoms with van der Waals surface area (Å²) in [5, 5.41) is 0. The van der Waals surface area contributed by atoms with E-state index in [9.17, 15) is 14.4 Å². The number of hydrogen-bond donors (Lipinski definition) is 0. The molecule has 0 aliphatic heterocycles. The fraction of sp³-hybridized carbons (Fsp3) is 0.316. The molecule has 0 saturated carbocycles. The van der Waals surface area contributed by atoms with Crippen LogP contribution in [0.2, 0.25) is 0 Å². The molecular formula is C19H20O6. The second-order valence-corrected chi connectivity index (χ2v) is 5.06. The maximum atomic E-state index is 11.6. The van der Waals surface area contributed by atoms with Crippen LogP contribution in [0.5, 0.6) is 11.5 Å². The second kappa shape index (κ2) is 10.7. The van der Waals surface area contributed by atoms with Gasteiger partial charge in [-0.2, -0.15) is 0 Å². The molecule has 25 heavy (non-hydrogen) atoms. The number of ether oxygens (including phenoxy) is 3. The van der Waals surface area contributed by atoms with E-state index in [0.29, 0.717) is 25.0 Å². The minimum Gasteiger partial charge on any atom is -0.463 e. The summed E-state index contributed by atoms with van der Waals surface area (Å²) < 4.78 is 15.0. The highest BCUT2D eigenvalue weighted by Gasteiger charge is 2.10. The Morgan fingerprint density at radius 2 is 1.76 bits per heavy atom. The summed E-state index contributed by atoms with van der Waals surface area (Å²) in [5.74, 6) is 1.15. The maximum absolute atomic E-state index is 11.6. The fourth-order valence-corrected chi connectivity index (χ4v) is 1.82. The van der Waals surface area contributed by atoms with Gasteiger partial charge in [-0.15, -0.1) is 12.3 Å². The van der Waals surface area contributed by atoms with E-state index in [1.54, 1.807) is 6.07 Å². The van der Waals surface area contributed by atoms with Crippen molar-refractivity contribution < 1.29 is 28.6 Å². The van der Waals surface area contributed by atoms with E-state index in [0.717, 1.165) is 6.42 Å². The quantitative estimate of drug-likeness (QED) is 0.237. The highest BCUT2D eigenvalue weighted by molar-refractivity contribution is 5.87. The van der Waals surface area contributed by atoms with Crippen molar-refractivity contribution in [1.29, 1.82) is 0 Å². The van der Waals surface area contributed by atoms with Gasteiger partial charge in [0.05, 0.1) is 6.61 Å². The average molecular weight is 344 g/mol. The van der Waals surface area contributed by atoms with Crippen LogP contribution in [0.4, 0.5) is 0 Å². The van der Waals surface area contributed by atoms with E-state index in [1.807, 2.05) is 0 Å². The van der Waals surface area contributed by atoms with Crippen molar-refractivity contribution in [3.05, 3.63) is 29.8 Å². The predicted octanol–water partition coefficient (Wildman–Crippen LogP) is 2.90. The van der Waals surface area contributed by atoms with Crippen molar-refractivity contribution >= 4 is 24.0 Å². The van der Waals surface area contributed by atoms with Gasteiger partial charge in [0.1, 0.15) is 0 Å². The van der Waals surface area contributed by atoms with E-state index >= 15 is 0 Å². The SMILES string of the molecule is C#CCCCCOC(=O)/C=C/c1ccc(OC(C)=O)c(OC(C)=O)c1. The normalized spacial score (nSPS) is 10.1. The van der Waals surface area contributed by atoms with Gasteiger partial charge < -0.3 is 14.2 Å². The number of benzene rings is 1. The van der Waals surface area contributed by atoms with E-state index in [1.165, 1.54) is 38.1 Å². The molecule has 0 aliphatic carbocycles. The van der Waals surface area contributed by atoms with Crippen LogP contribution in [-0.2, 0) is 19.1 Å². The minimum atomic E-state index is -0.555. The number of hydrogen-bond acceptors (Lipinski definition) is 6. The molecule has 0 bridgehead atoms. The lowest BCUT2D eigenvalue weighted by atomic mass is 10.2. The number of esters is 3. The molecule has 0 heterocycles. The lowest BCUT2D eigenvalue weighted by molar-refractivity contribution is -0.138. The van der Waals surface area contributed by atoms with Crippen molar-refractivity contribution in [2.75, 3.05) is 6.61 Å². The van der Waals surface area contributed by atoms with Crippen molar-refractivity contribution in [1.82, 2.24) is 0 Å². The maximum Gasteiger partial charge on any atom is 0.330 e. The highest BCUT2D eigenvalue weighted by atomic mass is 16.6. The first-order chi connectivity index (χ1) is 11.9. The van der Waals surface area contributed by atoms with Crippen LogP contribution in [0.15, 0.2) is 24.3 Å². The van der Waals surface area contributed by atoms with Crippen LogP contribution < -0.4 is 9.47 Å². The average Bonchev–Trinajstić information content (AvgIpc) is 2.54. The summed E-state index contributed by atoms with van der Waals surface area (Å²) in [5.41, 5.74) is 0.580. The molecule has 0 aliphatic rings. The Balaban J connectivity index is 2.71. The molecule has 1 aromatic rings. The van der Waals surface area contributed by atoms with Gasteiger partial charge in [0.2, 0.25) is 0 Å². The molecule has 0 aromatic heterocycles. The van der Waals surface area contributed by atoms with Gasteiger partial charge in [0.15, 0.2) is 11.5 Å². The fourth-order valence-electron chi connectivity index (χ4n) is 1.82. The molecular weight excluding hydrogens is 324 g/mol. The summed E-state index contributed by atoms with van der Waals surface area (Å²) in [6.07, 6.45) is 10.1. The topological polar surface area (TPSA) is 78.9 Å². The van der Waals surface area contributed by atoms with Gasteiger partial charge in [0.25, 0.3) is 0 Å². The van der Waals surface area contributed by atoms with Crippen molar-refractivity contribution in [2.45, 2.75) is 33.1 Å². The van der Waals surface area contributed by atoms with Crippen LogP contribution in [-0.4, -0.2) is 24.5 Å². The minimum absolute atomic E-state index is 0.0903. The Hall–Kier alpha value is -3.07. The van der Waals surface area contributed by atoms with Crippen LogP contribution in [0, 0.1) is 12.3 Å². The molecule has 0 N–H and O–H groups in total. The Labute approximate surface area is 146 Å². The molecule has 0 spiro atoms. The monoisotopic (exact) mass is 344 g/mol. The molecule has 0 saturated heterocycles. The van der Waals surface area contributed by atoms with Gasteiger partial charge in [-0.3, -0.25) is 9.59 Å². The van der Waals surface area contributed by atoms with Gasteiger partial charge in [0, 0.05) is 26.3 Å². The summed E-state index contributed by atoms with van der Waals surface area (Å²) in [6.45, 7) is 2.78. The van der Waals surface area contributed by atoms with Crippen molar-refractivity contribution in [2.24, 2.45) is 0 Å². The molecule has 6 nitrogen and oxygen atoms in total. The number of unbranched alkanes of at least 4 members (excludes halogenated alkanes) is 2. The molecule has 1 rings (SSSR count). The van der Waals surface area contributed by atoms with Gasteiger partial charge in [-0.25, -0.2) is 4.79 Å².